The third-order valence-corrected chi connectivity index (χ3v) is 6.48. The number of rotatable bonds is 6. The standard InChI is InChI=1S/C24H37N3O3/c1-6-30-24(29)21-15-26(20-13-9-18(5)10-14-20)25-22(21)27(16(2)3)23(28)19-11-7-17(4)8-12-19/h13,15-19H,6-12,14H2,1-5H3. The molecule has 0 radical (unpaired) electrons. The van der Waals surface area contributed by atoms with Gasteiger partial charge in [-0.1, -0.05) is 19.9 Å². The molecule has 1 heterocycles. The zero-order valence-electron chi connectivity index (χ0n) is 19.2. The molecular formula is C24H37N3O3. The number of carbonyl (C=O) groups excluding carboxylic acids is 2. The molecule has 6 heteroatoms. The highest BCUT2D eigenvalue weighted by molar-refractivity contribution is 6.02. The number of aromatic nitrogens is 2. The van der Waals surface area contributed by atoms with E-state index in [1.54, 1.807) is 22.7 Å². The smallest absolute Gasteiger partial charge is 0.343 e. The molecule has 0 N–H and O–H groups in total. The first kappa shape index (κ1) is 22.6. The predicted molar refractivity (Wildman–Crippen MR) is 119 cm³/mol. The lowest BCUT2D eigenvalue weighted by Crippen LogP contribution is -2.43. The predicted octanol–water partition coefficient (Wildman–Crippen LogP) is 5.29. The minimum atomic E-state index is -0.417. The lowest BCUT2D eigenvalue weighted by Gasteiger charge is -2.32. The van der Waals surface area contributed by atoms with Crippen molar-refractivity contribution in [2.45, 2.75) is 85.6 Å². The summed E-state index contributed by atoms with van der Waals surface area (Å²) in [5.74, 6) is 1.44. The maximum Gasteiger partial charge on any atom is 0.343 e. The third kappa shape index (κ3) is 4.96. The second-order valence-corrected chi connectivity index (χ2v) is 9.37. The molecule has 0 spiro atoms. The van der Waals surface area contributed by atoms with E-state index in [4.69, 9.17) is 9.84 Å². The van der Waals surface area contributed by atoms with Gasteiger partial charge in [0.25, 0.3) is 0 Å². The Balaban J connectivity index is 1.97. The molecule has 30 heavy (non-hydrogen) atoms. The SMILES string of the molecule is CCOC(=O)c1cn(C2=CCC(C)CC2)nc1N(C(=O)C1CCC(C)CC1)C(C)C. The molecule has 6 nitrogen and oxygen atoms in total. The minimum Gasteiger partial charge on any atom is -0.462 e. The summed E-state index contributed by atoms with van der Waals surface area (Å²) in [6, 6.07) is -0.0891. The summed E-state index contributed by atoms with van der Waals surface area (Å²) in [5.41, 5.74) is 1.47. The summed E-state index contributed by atoms with van der Waals surface area (Å²) in [5, 5.41) is 4.77. The normalized spacial score (nSPS) is 24.5. The maximum absolute atomic E-state index is 13.5. The molecule has 2 aliphatic carbocycles. The molecule has 1 saturated carbocycles. The van der Waals surface area contributed by atoms with Gasteiger partial charge in [-0.05, 0) is 77.6 Å². The molecule has 3 rings (SSSR count). The molecule has 1 aromatic rings. The van der Waals surface area contributed by atoms with E-state index >= 15 is 0 Å². The molecular weight excluding hydrogens is 378 g/mol. The van der Waals surface area contributed by atoms with Gasteiger partial charge in [-0.3, -0.25) is 9.69 Å². The van der Waals surface area contributed by atoms with Crippen molar-refractivity contribution < 1.29 is 14.3 Å². The van der Waals surface area contributed by atoms with Crippen LogP contribution in [-0.4, -0.2) is 34.3 Å². The van der Waals surface area contributed by atoms with Gasteiger partial charge in [0, 0.05) is 23.9 Å². The van der Waals surface area contributed by atoms with Crippen molar-refractivity contribution in [2.24, 2.45) is 17.8 Å². The number of anilines is 1. The van der Waals surface area contributed by atoms with Crippen molar-refractivity contribution in [2.75, 3.05) is 11.5 Å². The van der Waals surface area contributed by atoms with Crippen molar-refractivity contribution in [3.63, 3.8) is 0 Å². The average molecular weight is 416 g/mol. The molecule has 2 aliphatic rings. The zero-order valence-corrected chi connectivity index (χ0v) is 19.2. The molecule has 0 bridgehead atoms. The molecule has 1 amide bonds. The Hall–Kier alpha value is -2.11. The fourth-order valence-corrected chi connectivity index (χ4v) is 4.51. The monoisotopic (exact) mass is 415 g/mol. The topological polar surface area (TPSA) is 64.4 Å². The Morgan fingerprint density at radius 3 is 2.43 bits per heavy atom. The molecule has 1 fully saturated rings. The number of ether oxygens (including phenoxy) is 1. The van der Waals surface area contributed by atoms with E-state index in [9.17, 15) is 9.59 Å². The Bertz CT molecular complexity index is 788. The van der Waals surface area contributed by atoms with Gasteiger partial charge in [-0.15, -0.1) is 5.10 Å². The van der Waals surface area contributed by atoms with E-state index in [1.807, 2.05) is 13.8 Å². The highest BCUT2D eigenvalue weighted by atomic mass is 16.5. The van der Waals surface area contributed by atoms with Crippen LogP contribution in [0.15, 0.2) is 12.3 Å². The van der Waals surface area contributed by atoms with Crippen molar-refractivity contribution in [1.29, 1.82) is 0 Å². The first-order valence-corrected chi connectivity index (χ1v) is 11.6. The van der Waals surface area contributed by atoms with Crippen molar-refractivity contribution in [3.05, 3.63) is 17.8 Å². The Morgan fingerprint density at radius 1 is 1.17 bits per heavy atom. The van der Waals surface area contributed by atoms with Crippen molar-refractivity contribution >= 4 is 23.4 Å². The van der Waals surface area contributed by atoms with Gasteiger partial charge in [0.1, 0.15) is 5.56 Å². The highest BCUT2D eigenvalue weighted by Gasteiger charge is 2.34. The van der Waals surface area contributed by atoms with E-state index in [-0.39, 0.29) is 17.9 Å². The number of hydrogen-bond acceptors (Lipinski definition) is 4. The van der Waals surface area contributed by atoms with Crippen LogP contribution < -0.4 is 4.90 Å². The quantitative estimate of drug-likeness (QED) is 0.592. The van der Waals surface area contributed by atoms with Crippen LogP contribution in [0, 0.1) is 17.8 Å². The highest BCUT2D eigenvalue weighted by Crippen LogP contribution is 2.34. The van der Waals surface area contributed by atoms with Crippen LogP contribution in [0.3, 0.4) is 0 Å². The van der Waals surface area contributed by atoms with E-state index in [0.717, 1.165) is 50.6 Å². The fraction of sp³-hybridized carbons (Fsp3) is 0.708. The first-order valence-electron chi connectivity index (χ1n) is 11.6. The Morgan fingerprint density at radius 2 is 1.87 bits per heavy atom. The van der Waals surface area contributed by atoms with Gasteiger partial charge in [0.05, 0.1) is 6.61 Å². The maximum atomic E-state index is 13.5. The number of hydrogen-bond donors (Lipinski definition) is 0. The van der Waals surface area contributed by atoms with Gasteiger partial charge >= 0.3 is 5.97 Å². The van der Waals surface area contributed by atoms with Crippen molar-refractivity contribution in [1.82, 2.24) is 9.78 Å². The van der Waals surface area contributed by atoms with Crippen LogP contribution in [0.2, 0.25) is 0 Å². The summed E-state index contributed by atoms with van der Waals surface area (Å²) >= 11 is 0. The van der Waals surface area contributed by atoms with Crippen LogP contribution in [0.4, 0.5) is 5.82 Å². The van der Waals surface area contributed by atoms with E-state index in [0.29, 0.717) is 29.8 Å². The van der Waals surface area contributed by atoms with Gasteiger partial charge < -0.3 is 4.74 Å². The first-order chi connectivity index (χ1) is 14.3. The molecule has 1 unspecified atom stereocenters. The van der Waals surface area contributed by atoms with Gasteiger partial charge in [-0.25, -0.2) is 9.48 Å². The minimum absolute atomic E-state index is 0.00135. The second kappa shape index (κ2) is 9.80. The van der Waals surface area contributed by atoms with E-state index in [2.05, 4.69) is 19.9 Å². The van der Waals surface area contributed by atoms with Crippen LogP contribution in [0.25, 0.3) is 5.70 Å². The lowest BCUT2D eigenvalue weighted by molar-refractivity contribution is -0.123. The molecule has 0 aromatic carbocycles. The second-order valence-electron chi connectivity index (χ2n) is 9.37. The number of esters is 1. The zero-order chi connectivity index (χ0) is 21.8. The molecule has 1 atom stereocenters. The third-order valence-electron chi connectivity index (χ3n) is 6.48. The van der Waals surface area contributed by atoms with Crippen molar-refractivity contribution in [3.8, 4) is 0 Å². The summed E-state index contributed by atoms with van der Waals surface area (Å²) in [6.45, 7) is 10.6. The molecule has 166 valence electrons. The molecule has 0 aliphatic heterocycles. The Labute approximate surface area is 180 Å². The van der Waals surface area contributed by atoms with Gasteiger partial charge in [0.15, 0.2) is 5.82 Å². The molecule has 0 saturated heterocycles. The average Bonchev–Trinajstić information content (AvgIpc) is 3.14. The van der Waals surface area contributed by atoms with Crippen LogP contribution in [-0.2, 0) is 9.53 Å². The summed E-state index contributed by atoms with van der Waals surface area (Å²) in [6.07, 6.45) is 10.9. The lowest BCUT2D eigenvalue weighted by atomic mass is 9.82. The van der Waals surface area contributed by atoms with Crippen LogP contribution in [0.1, 0.15) is 89.9 Å². The van der Waals surface area contributed by atoms with Crippen LogP contribution in [0.5, 0.6) is 0 Å². The Kier molecular flexibility index (Phi) is 7.37. The number of carbonyl (C=O) groups is 2. The summed E-state index contributed by atoms with van der Waals surface area (Å²) < 4.78 is 7.10. The largest absolute Gasteiger partial charge is 0.462 e. The summed E-state index contributed by atoms with van der Waals surface area (Å²) in [4.78, 5) is 28.0. The summed E-state index contributed by atoms with van der Waals surface area (Å²) in [7, 11) is 0. The molecule has 1 aromatic heterocycles. The van der Waals surface area contributed by atoms with E-state index in [1.165, 1.54) is 0 Å². The number of nitrogens with zero attached hydrogens (tertiary/aromatic N) is 3. The van der Waals surface area contributed by atoms with Gasteiger partial charge in [0.2, 0.25) is 5.91 Å². The van der Waals surface area contributed by atoms with E-state index < -0.39 is 5.97 Å². The van der Waals surface area contributed by atoms with Crippen LogP contribution >= 0.6 is 0 Å². The number of amides is 1. The van der Waals surface area contributed by atoms with Gasteiger partial charge in [-0.2, -0.15) is 0 Å². The fourth-order valence-electron chi connectivity index (χ4n) is 4.51. The number of allylic oxidation sites excluding steroid dienone is 2.